The first-order chi connectivity index (χ1) is 18.4. The number of esters is 1. The van der Waals surface area contributed by atoms with E-state index in [0.29, 0.717) is 5.69 Å². The maximum absolute atomic E-state index is 13.2. The normalized spacial score (nSPS) is 16.3. The summed E-state index contributed by atoms with van der Waals surface area (Å²) >= 11 is 0. The quantitative estimate of drug-likeness (QED) is 0.236. The summed E-state index contributed by atoms with van der Waals surface area (Å²) < 4.78 is 6.41. The van der Waals surface area contributed by atoms with Crippen LogP contribution in [0.15, 0.2) is 54.7 Å². The van der Waals surface area contributed by atoms with E-state index in [4.69, 9.17) is 4.74 Å². The van der Waals surface area contributed by atoms with Gasteiger partial charge in [0.05, 0.1) is 0 Å². The van der Waals surface area contributed by atoms with E-state index in [1.165, 1.54) is 37.1 Å². The number of anilines is 2. The van der Waals surface area contributed by atoms with Crippen LogP contribution in [0.25, 0.3) is 0 Å². The smallest absolute Gasteiger partial charge is 0.358 e. The van der Waals surface area contributed by atoms with Crippen LogP contribution in [-0.4, -0.2) is 37.1 Å². The van der Waals surface area contributed by atoms with Crippen molar-refractivity contribution in [1.29, 1.82) is 0 Å². The molecule has 4 rings (SSSR count). The molecule has 5 heteroatoms. The fourth-order valence-corrected chi connectivity index (χ4v) is 5.78. The van der Waals surface area contributed by atoms with Gasteiger partial charge in [0.1, 0.15) is 0 Å². The molecule has 5 nitrogen and oxygen atoms in total. The number of hydrogen-bond acceptors (Lipinski definition) is 5. The second-order valence-electron chi connectivity index (χ2n) is 10.3. The number of nitrogens with zero attached hydrogens (tertiary/aromatic N) is 3. The topological polar surface area (TPSA) is 45.7 Å². The number of unbranched alkanes of at least 4 members (excludes halogenated alkanes) is 2. The standard InChI is InChI=1S/C33H43N3O2/c1-7-11-20-36(21-12-8-2)27-16-18-29(25(6)23-27)33(30-14-13-19-34-31(30)32(37)38-33)28-17-15-26(22-24(28)5)35(9-3)10-4/h13-19,22-23H,7-12,20-21H2,1-6H3. The first-order valence-electron chi connectivity index (χ1n) is 14.3. The molecule has 1 unspecified atom stereocenters. The third-order valence-electron chi connectivity index (χ3n) is 7.86. The summed E-state index contributed by atoms with van der Waals surface area (Å²) in [5, 5.41) is 0. The summed E-state index contributed by atoms with van der Waals surface area (Å²) in [5.74, 6) is -0.371. The number of pyridine rings is 1. The number of cyclic esters (lactones) is 1. The van der Waals surface area contributed by atoms with E-state index < -0.39 is 5.60 Å². The van der Waals surface area contributed by atoms with Gasteiger partial charge < -0.3 is 14.5 Å². The number of carbonyl (C=O) groups excluding carboxylic acids is 1. The van der Waals surface area contributed by atoms with Crippen LogP contribution < -0.4 is 9.80 Å². The Balaban J connectivity index is 1.88. The van der Waals surface area contributed by atoms with Gasteiger partial charge in [-0.2, -0.15) is 0 Å². The zero-order valence-electron chi connectivity index (χ0n) is 24.0. The van der Waals surface area contributed by atoms with Crippen molar-refractivity contribution in [3.8, 4) is 0 Å². The van der Waals surface area contributed by atoms with Crippen LogP contribution >= 0.6 is 0 Å². The first-order valence-corrected chi connectivity index (χ1v) is 14.3. The van der Waals surface area contributed by atoms with Crippen molar-refractivity contribution in [2.24, 2.45) is 0 Å². The van der Waals surface area contributed by atoms with Crippen LogP contribution in [0.4, 0.5) is 11.4 Å². The van der Waals surface area contributed by atoms with Gasteiger partial charge in [0.2, 0.25) is 0 Å². The summed E-state index contributed by atoms with van der Waals surface area (Å²) in [5.41, 5.74) is 6.76. The summed E-state index contributed by atoms with van der Waals surface area (Å²) in [7, 11) is 0. The Morgan fingerprint density at radius 3 is 1.82 bits per heavy atom. The largest absolute Gasteiger partial charge is 0.439 e. The van der Waals surface area contributed by atoms with Gasteiger partial charge in [0, 0.05) is 60.4 Å². The molecule has 0 aliphatic carbocycles. The van der Waals surface area contributed by atoms with Crippen LogP contribution in [0, 0.1) is 13.8 Å². The molecule has 3 aromatic rings. The van der Waals surface area contributed by atoms with E-state index >= 15 is 0 Å². The van der Waals surface area contributed by atoms with Crippen molar-refractivity contribution in [2.45, 2.75) is 72.8 Å². The van der Waals surface area contributed by atoms with Crippen LogP contribution in [0.2, 0.25) is 0 Å². The molecule has 1 aliphatic heterocycles. The Morgan fingerprint density at radius 2 is 1.32 bits per heavy atom. The average Bonchev–Trinajstić information content (AvgIpc) is 3.22. The molecule has 0 saturated heterocycles. The highest BCUT2D eigenvalue weighted by Gasteiger charge is 2.50. The molecule has 38 heavy (non-hydrogen) atoms. The summed E-state index contributed by atoms with van der Waals surface area (Å²) in [6.45, 7) is 17.1. The number of rotatable bonds is 12. The number of carbonyl (C=O) groups is 1. The van der Waals surface area contributed by atoms with E-state index in [9.17, 15) is 4.79 Å². The van der Waals surface area contributed by atoms with Gasteiger partial charge in [-0.05, 0) is 82.0 Å². The molecule has 202 valence electrons. The highest BCUT2D eigenvalue weighted by atomic mass is 16.6. The lowest BCUT2D eigenvalue weighted by molar-refractivity contribution is 0.0245. The monoisotopic (exact) mass is 513 g/mol. The first kappa shape index (κ1) is 27.7. The number of aromatic nitrogens is 1. The number of hydrogen-bond donors (Lipinski definition) is 0. The zero-order chi connectivity index (χ0) is 27.3. The van der Waals surface area contributed by atoms with Crippen molar-refractivity contribution >= 4 is 17.3 Å². The highest BCUT2D eigenvalue weighted by Crippen LogP contribution is 2.49. The van der Waals surface area contributed by atoms with Gasteiger partial charge in [0.15, 0.2) is 11.3 Å². The minimum atomic E-state index is -1.03. The molecule has 2 heterocycles. The molecule has 2 aromatic carbocycles. The third-order valence-corrected chi connectivity index (χ3v) is 7.86. The van der Waals surface area contributed by atoms with Gasteiger partial charge in [0.25, 0.3) is 0 Å². The van der Waals surface area contributed by atoms with Crippen molar-refractivity contribution in [3.63, 3.8) is 0 Å². The van der Waals surface area contributed by atoms with Crippen molar-refractivity contribution in [3.05, 3.63) is 88.2 Å². The van der Waals surface area contributed by atoms with Crippen molar-refractivity contribution < 1.29 is 9.53 Å². The Hall–Kier alpha value is -3.34. The Morgan fingerprint density at radius 1 is 0.763 bits per heavy atom. The minimum absolute atomic E-state index is 0.371. The van der Waals surface area contributed by atoms with Gasteiger partial charge in [-0.15, -0.1) is 0 Å². The molecule has 0 fully saturated rings. The van der Waals surface area contributed by atoms with Crippen LogP contribution in [0.1, 0.15) is 91.7 Å². The average molecular weight is 514 g/mol. The van der Waals surface area contributed by atoms with Crippen molar-refractivity contribution in [2.75, 3.05) is 36.0 Å². The fraction of sp³-hybridized carbons (Fsp3) is 0.455. The van der Waals surface area contributed by atoms with Gasteiger partial charge in [-0.1, -0.05) is 44.9 Å². The Bertz CT molecular complexity index is 1260. The molecule has 0 radical (unpaired) electrons. The molecular weight excluding hydrogens is 470 g/mol. The second-order valence-corrected chi connectivity index (χ2v) is 10.3. The fourth-order valence-electron chi connectivity index (χ4n) is 5.78. The number of ether oxygens (including phenoxy) is 1. The molecule has 0 amide bonds. The van der Waals surface area contributed by atoms with Crippen LogP contribution in [0.5, 0.6) is 0 Å². The van der Waals surface area contributed by atoms with E-state index in [-0.39, 0.29) is 5.97 Å². The lowest BCUT2D eigenvalue weighted by Gasteiger charge is -2.34. The molecular formula is C33H43N3O2. The van der Waals surface area contributed by atoms with E-state index in [1.807, 2.05) is 12.1 Å². The van der Waals surface area contributed by atoms with Crippen LogP contribution in [0.3, 0.4) is 0 Å². The van der Waals surface area contributed by atoms with Crippen LogP contribution in [-0.2, 0) is 10.3 Å². The van der Waals surface area contributed by atoms with Crippen molar-refractivity contribution in [1.82, 2.24) is 4.98 Å². The molecule has 1 aliphatic rings. The van der Waals surface area contributed by atoms with E-state index in [0.717, 1.165) is 54.0 Å². The predicted molar refractivity (Wildman–Crippen MR) is 157 cm³/mol. The lowest BCUT2D eigenvalue weighted by Crippen LogP contribution is -2.32. The summed E-state index contributed by atoms with van der Waals surface area (Å²) in [6, 6.07) is 17.0. The molecule has 0 spiro atoms. The maximum Gasteiger partial charge on any atom is 0.358 e. The predicted octanol–water partition coefficient (Wildman–Crippen LogP) is 7.41. The summed E-state index contributed by atoms with van der Waals surface area (Å²) in [4.78, 5) is 22.5. The molecule has 0 N–H and O–H groups in total. The Labute approximate surface area is 228 Å². The Kier molecular flexibility index (Phi) is 8.76. The van der Waals surface area contributed by atoms with E-state index in [1.54, 1.807) is 6.20 Å². The van der Waals surface area contributed by atoms with Gasteiger partial charge >= 0.3 is 5.97 Å². The lowest BCUT2D eigenvalue weighted by atomic mass is 9.77. The second kappa shape index (κ2) is 12.0. The van der Waals surface area contributed by atoms with Gasteiger partial charge in [-0.25, -0.2) is 9.78 Å². The number of benzene rings is 2. The maximum atomic E-state index is 13.2. The SMILES string of the molecule is CCCCN(CCCC)c1ccc(C2(c3ccc(N(CC)CC)cc3C)OC(=O)c3ncccc32)c(C)c1. The highest BCUT2D eigenvalue weighted by molar-refractivity contribution is 5.94. The van der Waals surface area contributed by atoms with E-state index in [2.05, 4.69) is 92.7 Å². The number of aryl methyl sites for hydroxylation is 2. The third kappa shape index (κ3) is 5.03. The number of fused-ring (bicyclic) bond motifs is 1. The molecule has 1 aromatic heterocycles. The molecule has 1 atom stereocenters. The molecule has 0 bridgehead atoms. The van der Waals surface area contributed by atoms with Gasteiger partial charge in [-0.3, -0.25) is 0 Å². The minimum Gasteiger partial charge on any atom is -0.439 e. The zero-order valence-corrected chi connectivity index (χ0v) is 24.0. The summed E-state index contributed by atoms with van der Waals surface area (Å²) in [6.07, 6.45) is 6.35. The molecule has 0 saturated carbocycles.